The fourth-order valence-corrected chi connectivity index (χ4v) is 2.61. The highest BCUT2D eigenvalue weighted by Gasteiger charge is 2.18. The van der Waals surface area contributed by atoms with Crippen molar-refractivity contribution in [2.75, 3.05) is 19.6 Å². The van der Waals surface area contributed by atoms with Crippen molar-refractivity contribution in [1.82, 2.24) is 10.2 Å². The minimum Gasteiger partial charge on any atom is -0.392 e. The molecule has 0 saturated carbocycles. The standard InChI is InChI=1S/C16H24N2O2/c1-13(15-6-2-5-14(11-15)12-19)17-8-4-10-18-9-3-7-16(18)20/h2,5-6,11,13,17,19H,3-4,7-10,12H2,1H3. The number of rotatable bonds is 7. The van der Waals surface area contributed by atoms with Crippen LogP contribution in [0, 0.1) is 0 Å². The molecule has 2 rings (SSSR count). The minimum absolute atomic E-state index is 0.0810. The summed E-state index contributed by atoms with van der Waals surface area (Å²) in [5, 5.41) is 12.6. The molecule has 1 aromatic carbocycles. The van der Waals surface area contributed by atoms with Crippen LogP contribution in [0.1, 0.15) is 43.4 Å². The van der Waals surface area contributed by atoms with Crippen LogP contribution in [-0.4, -0.2) is 35.5 Å². The molecule has 4 nitrogen and oxygen atoms in total. The molecule has 20 heavy (non-hydrogen) atoms. The van der Waals surface area contributed by atoms with Gasteiger partial charge < -0.3 is 15.3 Å². The molecule has 2 N–H and O–H groups in total. The van der Waals surface area contributed by atoms with Crippen LogP contribution >= 0.6 is 0 Å². The molecule has 1 aromatic rings. The summed E-state index contributed by atoms with van der Waals surface area (Å²) >= 11 is 0. The van der Waals surface area contributed by atoms with E-state index in [1.54, 1.807) is 0 Å². The zero-order chi connectivity index (χ0) is 14.4. The highest BCUT2D eigenvalue weighted by Crippen LogP contribution is 2.14. The zero-order valence-corrected chi connectivity index (χ0v) is 12.1. The van der Waals surface area contributed by atoms with Crippen LogP contribution in [0.25, 0.3) is 0 Å². The Morgan fingerprint density at radius 2 is 2.30 bits per heavy atom. The predicted octanol–water partition coefficient (Wildman–Crippen LogP) is 1.84. The van der Waals surface area contributed by atoms with E-state index < -0.39 is 0 Å². The second-order valence-electron chi connectivity index (χ2n) is 5.42. The Bertz CT molecular complexity index is 448. The first kappa shape index (κ1) is 15.0. The summed E-state index contributed by atoms with van der Waals surface area (Å²) in [5.41, 5.74) is 2.13. The Morgan fingerprint density at radius 1 is 1.45 bits per heavy atom. The molecule has 0 aliphatic carbocycles. The smallest absolute Gasteiger partial charge is 0.222 e. The lowest BCUT2D eigenvalue weighted by molar-refractivity contribution is -0.127. The van der Waals surface area contributed by atoms with Gasteiger partial charge in [-0.3, -0.25) is 4.79 Å². The third kappa shape index (κ3) is 4.05. The lowest BCUT2D eigenvalue weighted by Crippen LogP contribution is -2.29. The highest BCUT2D eigenvalue weighted by atomic mass is 16.3. The molecule has 1 aliphatic rings. The van der Waals surface area contributed by atoms with Crippen LogP contribution in [0.3, 0.4) is 0 Å². The van der Waals surface area contributed by atoms with Crippen molar-refractivity contribution in [3.8, 4) is 0 Å². The van der Waals surface area contributed by atoms with Gasteiger partial charge in [0.05, 0.1) is 6.61 Å². The normalized spacial score (nSPS) is 16.7. The van der Waals surface area contributed by atoms with Crippen LogP contribution in [0.15, 0.2) is 24.3 Å². The van der Waals surface area contributed by atoms with Crippen molar-refractivity contribution < 1.29 is 9.90 Å². The lowest BCUT2D eigenvalue weighted by atomic mass is 10.1. The number of aliphatic hydroxyl groups excluding tert-OH is 1. The van der Waals surface area contributed by atoms with E-state index in [0.717, 1.165) is 44.5 Å². The van der Waals surface area contributed by atoms with E-state index in [9.17, 15) is 4.79 Å². The molecule has 1 amide bonds. The molecule has 0 aromatic heterocycles. The lowest BCUT2D eigenvalue weighted by Gasteiger charge is -2.18. The van der Waals surface area contributed by atoms with E-state index in [-0.39, 0.29) is 12.6 Å². The SMILES string of the molecule is CC(NCCCN1CCCC1=O)c1cccc(CO)c1. The monoisotopic (exact) mass is 276 g/mol. The van der Waals surface area contributed by atoms with Gasteiger partial charge in [0, 0.05) is 25.6 Å². The molecule has 1 unspecified atom stereocenters. The molecule has 0 bridgehead atoms. The Morgan fingerprint density at radius 3 is 3.00 bits per heavy atom. The fourth-order valence-electron chi connectivity index (χ4n) is 2.61. The summed E-state index contributed by atoms with van der Waals surface area (Å²) in [4.78, 5) is 13.4. The maximum atomic E-state index is 11.5. The maximum absolute atomic E-state index is 11.5. The van der Waals surface area contributed by atoms with Crippen molar-refractivity contribution in [3.05, 3.63) is 35.4 Å². The van der Waals surface area contributed by atoms with Gasteiger partial charge in [0.1, 0.15) is 0 Å². The van der Waals surface area contributed by atoms with Crippen molar-refractivity contribution in [1.29, 1.82) is 0 Å². The summed E-state index contributed by atoms with van der Waals surface area (Å²) in [6.45, 7) is 4.88. The second-order valence-corrected chi connectivity index (χ2v) is 5.42. The minimum atomic E-state index is 0.0810. The summed E-state index contributed by atoms with van der Waals surface area (Å²) < 4.78 is 0. The van der Waals surface area contributed by atoms with Crippen molar-refractivity contribution >= 4 is 5.91 Å². The Balaban J connectivity index is 1.71. The average molecular weight is 276 g/mol. The average Bonchev–Trinajstić information content (AvgIpc) is 2.89. The molecule has 4 heteroatoms. The van der Waals surface area contributed by atoms with Crippen LogP contribution in [0.2, 0.25) is 0 Å². The molecule has 1 heterocycles. The quantitative estimate of drug-likeness (QED) is 0.747. The number of nitrogens with one attached hydrogen (secondary N) is 1. The van der Waals surface area contributed by atoms with Crippen molar-refractivity contribution in [2.45, 2.75) is 38.8 Å². The van der Waals surface area contributed by atoms with Gasteiger partial charge in [0.25, 0.3) is 0 Å². The number of amides is 1. The largest absolute Gasteiger partial charge is 0.392 e. The third-order valence-corrected chi connectivity index (χ3v) is 3.86. The number of carbonyl (C=O) groups is 1. The van der Waals surface area contributed by atoms with Gasteiger partial charge in [0.2, 0.25) is 5.91 Å². The molecular weight excluding hydrogens is 252 g/mol. The topological polar surface area (TPSA) is 52.6 Å². The summed E-state index contributed by atoms with van der Waals surface area (Å²) in [7, 11) is 0. The number of likely N-dealkylation sites (tertiary alicyclic amines) is 1. The van der Waals surface area contributed by atoms with E-state index >= 15 is 0 Å². The van der Waals surface area contributed by atoms with Gasteiger partial charge in [-0.25, -0.2) is 0 Å². The van der Waals surface area contributed by atoms with E-state index in [0.29, 0.717) is 5.91 Å². The first-order valence-electron chi connectivity index (χ1n) is 7.41. The van der Waals surface area contributed by atoms with Gasteiger partial charge in [-0.2, -0.15) is 0 Å². The van der Waals surface area contributed by atoms with Gasteiger partial charge >= 0.3 is 0 Å². The van der Waals surface area contributed by atoms with Crippen LogP contribution in [-0.2, 0) is 11.4 Å². The van der Waals surface area contributed by atoms with Gasteiger partial charge in [-0.1, -0.05) is 24.3 Å². The van der Waals surface area contributed by atoms with E-state index in [1.807, 2.05) is 23.1 Å². The number of benzene rings is 1. The molecule has 1 fully saturated rings. The number of hydrogen-bond acceptors (Lipinski definition) is 3. The predicted molar refractivity (Wildman–Crippen MR) is 79.2 cm³/mol. The van der Waals surface area contributed by atoms with Crippen molar-refractivity contribution in [3.63, 3.8) is 0 Å². The maximum Gasteiger partial charge on any atom is 0.222 e. The zero-order valence-electron chi connectivity index (χ0n) is 12.1. The third-order valence-electron chi connectivity index (χ3n) is 3.86. The number of aliphatic hydroxyl groups is 1. The van der Waals surface area contributed by atoms with Crippen molar-refractivity contribution in [2.24, 2.45) is 0 Å². The number of hydrogen-bond donors (Lipinski definition) is 2. The number of nitrogens with zero attached hydrogens (tertiary/aromatic N) is 1. The number of carbonyl (C=O) groups excluding carboxylic acids is 1. The summed E-state index contributed by atoms with van der Waals surface area (Å²) in [5.74, 6) is 0.300. The first-order chi connectivity index (χ1) is 9.70. The van der Waals surface area contributed by atoms with E-state index in [1.165, 1.54) is 5.56 Å². The highest BCUT2D eigenvalue weighted by molar-refractivity contribution is 5.77. The molecular formula is C16H24N2O2. The molecule has 0 radical (unpaired) electrons. The molecule has 1 saturated heterocycles. The van der Waals surface area contributed by atoms with Gasteiger partial charge in [0.15, 0.2) is 0 Å². The fraction of sp³-hybridized carbons (Fsp3) is 0.562. The molecule has 1 atom stereocenters. The summed E-state index contributed by atoms with van der Waals surface area (Å²) in [6.07, 6.45) is 2.71. The van der Waals surface area contributed by atoms with Crippen LogP contribution < -0.4 is 5.32 Å². The Kier molecular flexibility index (Phi) is 5.56. The Labute approximate surface area is 120 Å². The van der Waals surface area contributed by atoms with Crippen LogP contribution in [0.4, 0.5) is 0 Å². The molecule has 110 valence electrons. The molecule has 0 spiro atoms. The Hall–Kier alpha value is -1.39. The van der Waals surface area contributed by atoms with Gasteiger partial charge in [-0.05, 0) is 37.4 Å². The van der Waals surface area contributed by atoms with E-state index in [2.05, 4.69) is 18.3 Å². The van der Waals surface area contributed by atoms with Gasteiger partial charge in [-0.15, -0.1) is 0 Å². The first-order valence-corrected chi connectivity index (χ1v) is 7.41. The van der Waals surface area contributed by atoms with Crippen LogP contribution in [0.5, 0.6) is 0 Å². The van der Waals surface area contributed by atoms with E-state index in [4.69, 9.17) is 5.11 Å². The second kappa shape index (κ2) is 7.41. The molecule has 1 aliphatic heterocycles. The summed E-state index contributed by atoms with van der Waals surface area (Å²) in [6, 6.07) is 8.26.